The van der Waals surface area contributed by atoms with E-state index in [2.05, 4.69) is 15.9 Å². The Kier molecular flexibility index (Phi) is 3.97. The maximum atomic E-state index is 13.6. The van der Waals surface area contributed by atoms with Crippen LogP contribution < -0.4 is 0 Å². The molecule has 0 spiro atoms. The molecule has 1 aromatic carbocycles. The molecule has 1 saturated heterocycles. The highest BCUT2D eigenvalue weighted by molar-refractivity contribution is 9.10. The van der Waals surface area contributed by atoms with Crippen LogP contribution in [0.3, 0.4) is 0 Å². The maximum absolute atomic E-state index is 13.6. The summed E-state index contributed by atoms with van der Waals surface area (Å²) in [5.74, 6) is -2.65. The zero-order valence-electron chi connectivity index (χ0n) is 9.75. The van der Waals surface area contributed by atoms with Crippen molar-refractivity contribution in [3.8, 4) is 0 Å². The van der Waals surface area contributed by atoms with Gasteiger partial charge in [0.15, 0.2) is 11.6 Å². The lowest BCUT2D eigenvalue weighted by atomic mass is 10.2. The van der Waals surface area contributed by atoms with Gasteiger partial charge in [-0.15, -0.1) is 0 Å². The number of benzene rings is 1. The summed E-state index contributed by atoms with van der Waals surface area (Å²) in [7, 11) is 1.57. The SMILES string of the molecule is CO[C@@H]1CCN(C(=O)c2cc(Br)cc(F)c2F)C1. The Bertz CT molecular complexity index is 481. The van der Waals surface area contributed by atoms with E-state index in [-0.39, 0.29) is 11.7 Å². The van der Waals surface area contributed by atoms with Crippen molar-refractivity contribution in [2.24, 2.45) is 0 Å². The number of carbonyl (C=O) groups is 1. The largest absolute Gasteiger partial charge is 0.380 e. The van der Waals surface area contributed by atoms with Gasteiger partial charge in [-0.1, -0.05) is 15.9 Å². The quantitative estimate of drug-likeness (QED) is 0.784. The van der Waals surface area contributed by atoms with Crippen molar-refractivity contribution in [1.82, 2.24) is 4.90 Å². The minimum atomic E-state index is -1.11. The van der Waals surface area contributed by atoms with Gasteiger partial charge in [0.2, 0.25) is 0 Å². The molecule has 98 valence electrons. The van der Waals surface area contributed by atoms with Crippen molar-refractivity contribution in [3.63, 3.8) is 0 Å². The number of nitrogens with zero attached hydrogens (tertiary/aromatic N) is 1. The predicted molar refractivity (Wildman–Crippen MR) is 65.4 cm³/mol. The molecule has 1 aromatic rings. The van der Waals surface area contributed by atoms with Gasteiger partial charge in [0.25, 0.3) is 5.91 Å². The highest BCUT2D eigenvalue weighted by Gasteiger charge is 2.29. The second kappa shape index (κ2) is 5.32. The van der Waals surface area contributed by atoms with E-state index in [0.29, 0.717) is 24.0 Å². The first-order valence-corrected chi connectivity index (χ1v) is 6.29. The average molecular weight is 320 g/mol. The van der Waals surface area contributed by atoms with Gasteiger partial charge in [-0.25, -0.2) is 8.78 Å². The van der Waals surface area contributed by atoms with Crippen LogP contribution >= 0.6 is 15.9 Å². The van der Waals surface area contributed by atoms with Crippen LogP contribution in [0.25, 0.3) is 0 Å². The van der Waals surface area contributed by atoms with Crippen molar-refractivity contribution in [2.45, 2.75) is 12.5 Å². The molecule has 6 heteroatoms. The molecule has 0 bridgehead atoms. The van der Waals surface area contributed by atoms with E-state index in [0.717, 1.165) is 6.07 Å². The van der Waals surface area contributed by atoms with E-state index in [1.165, 1.54) is 11.0 Å². The average Bonchev–Trinajstić information content (AvgIpc) is 2.81. The Morgan fingerprint density at radius 3 is 2.83 bits per heavy atom. The molecular weight excluding hydrogens is 308 g/mol. The van der Waals surface area contributed by atoms with E-state index in [1.807, 2.05) is 0 Å². The molecule has 3 nitrogen and oxygen atoms in total. The molecule has 18 heavy (non-hydrogen) atoms. The summed E-state index contributed by atoms with van der Waals surface area (Å²) in [6.45, 7) is 0.897. The molecule has 1 atom stereocenters. The molecule has 2 rings (SSSR count). The molecule has 1 heterocycles. The van der Waals surface area contributed by atoms with Crippen LogP contribution in [0.2, 0.25) is 0 Å². The van der Waals surface area contributed by atoms with Crippen molar-refractivity contribution < 1.29 is 18.3 Å². The van der Waals surface area contributed by atoms with Crippen LogP contribution in [0, 0.1) is 11.6 Å². The fraction of sp³-hybridized carbons (Fsp3) is 0.417. The van der Waals surface area contributed by atoms with Crippen LogP contribution in [0.5, 0.6) is 0 Å². The molecule has 0 aromatic heterocycles. The van der Waals surface area contributed by atoms with E-state index in [4.69, 9.17) is 4.74 Å². The summed E-state index contributed by atoms with van der Waals surface area (Å²) in [6, 6.07) is 2.29. The Hall–Kier alpha value is -1.01. The molecule has 0 N–H and O–H groups in total. The maximum Gasteiger partial charge on any atom is 0.257 e. The number of likely N-dealkylation sites (tertiary alicyclic amines) is 1. The zero-order valence-corrected chi connectivity index (χ0v) is 11.3. The van der Waals surface area contributed by atoms with Gasteiger partial charge in [0, 0.05) is 24.7 Å². The van der Waals surface area contributed by atoms with E-state index < -0.39 is 17.5 Å². The fourth-order valence-corrected chi connectivity index (χ4v) is 2.42. The van der Waals surface area contributed by atoms with Crippen LogP contribution in [0.15, 0.2) is 16.6 Å². The standard InChI is InChI=1S/C12H12BrF2NO2/c1-18-8-2-3-16(6-8)12(17)9-4-7(13)5-10(14)11(9)15/h4-5,8H,2-3,6H2,1H3/t8-/m1/s1. The first-order valence-electron chi connectivity index (χ1n) is 5.49. The third-order valence-corrected chi connectivity index (χ3v) is 3.45. The molecule has 0 unspecified atom stereocenters. The summed E-state index contributed by atoms with van der Waals surface area (Å²) in [4.78, 5) is 13.5. The lowest BCUT2D eigenvalue weighted by Crippen LogP contribution is -2.30. The van der Waals surface area contributed by atoms with Gasteiger partial charge in [0.1, 0.15) is 0 Å². The molecule has 1 aliphatic rings. The predicted octanol–water partition coefficient (Wildman–Crippen LogP) is 2.59. The van der Waals surface area contributed by atoms with Crippen molar-refractivity contribution in [3.05, 3.63) is 33.8 Å². The first kappa shape index (κ1) is 13.4. The minimum absolute atomic E-state index is 0.0333. The monoisotopic (exact) mass is 319 g/mol. The van der Waals surface area contributed by atoms with Gasteiger partial charge in [-0.3, -0.25) is 4.79 Å². The van der Waals surface area contributed by atoms with Crippen LogP contribution in [-0.4, -0.2) is 37.1 Å². The molecule has 0 radical (unpaired) electrons. The summed E-state index contributed by atoms with van der Waals surface area (Å²) in [5, 5.41) is 0. The smallest absolute Gasteiger partial charge is 0.257 e. The number of ether oxygens (including phenoxy) is 1. The Morgan fingerprint density at radius 1 is 1.50 bits per heavy atom. The normalized spacial score (nSPS) is 19.3. The number of methoxy groups -OCH3 is 1. The van der Waals surface area contributed by atoms with Crippen LogP contribution in [0.1, 0.15) is 16.8 Å². The molecule has 1 amide bonds. The number of hydrogen-bond donors (Lipinski definition) is 0. The third kappa shape index (κ3) is 2.54. The highest BCUT2D eigenvalue weighted by Crippen LogP contribution is 2.22. The van der Waals surface area contributed by atoms with Crippen LogP contribution in [-0.2, 0) is 4.74 Å². The minimum Gasteiger partial charge on any atom is -0.380 e. The summed E-state index contributed by atoms with van der Waals surface area (Å²) < 4.78 is 32.3. The summed E-state index contributed by atoms with van der Waals surface area (Å²) in [6.07, 6.45) is 0.675. The summed E-state index contributed by atoms with van der Waals surface area (Å²) >= 11 is 3.05. The van der Waals surface area contributed by atoms with Crippen molar-refractivity contribution in [1.29, 1.82) is 0 Å². The highest BCUT2D eigenvalue weighted by atomic mass is 79.9. The van der Waals surface area contributed by atoms with Gasteiger partial charge < -0.3 is 9.64 Å². The zero-order chi connectivity index (χ0) is 13.3. The van der Waals surface area contributed by atoms with Gasteiger partial charge in [-0.2, -0.15) is 0 Å². The van der Waals surface area contributed by atoms with Gasteiger partial charge >= 0.3 is 0 Å². The van der Waals surface area contributed by atoms with Crippen molar-refractivity contribution in [2.75, 3.05) is 20.2 Å². The Labute approximate surface area is 112 Å². The van der Waals surface area contributed by atoms with Gasteiger partial charge in [0.05, 0.1) is 11.7 Å². The number of carbonyl (C=O) groups excluding carboxylic acids is 1. The van der Waals surface area contributed by atoms with E-state index >= 15 is 0 Å². The second-order valence-electron chi connectivity index (χ2n) is 4.15. The Balaban J connectivity index is 2.24. The van der Waals surface area contributed by atoms with E-state index in [9.17, 15) is 13.6 Å². The number of hydrogen-bond acceptors (Lipinski definition) is 2. The third-order valence-electron chi connectivity index (χ3n) is 2.99. The lowest BCUT2D eigenvalue weighted by molar-refractivity contribution is 0.0719. The van der Waals surface area contributed by atoms with Gasteiger partial charge in [-0.05, 0) is 18.6 Å². The second-order valence-corrected chi connectivity index (χ2v) is 5.06. The number of rotatable bonds is 2. The first-order chi connectivity index (χ1) is 8.52. The topological polar surface area (TPSA) is 29.5 Å². The fourth-order valence-electron chi connectivity index (χ4n) is 1.99. The molecule has 1 fully saturated rings. The summed E-state index contributed by atoms with van der Waals surface area (Å²) in [5.41, 5.74) is -0.251. The Morgan fingerprint density at radius 2 is 2.22 bits per heavy atom. The van der Waals surface area contributed by atoms with E-state index in [1.54, 1.807) is 7.11 Å². The lowest BCUT2D eigenvalue weighted by Gasteiger charge is -2.16. The molecule has 1 aliphatic heterocycles. The van der Waals surface area contributed by atoms with Crippen LogP contribution in [0.4, 0.5) is 8.78 Å². The number of amides is 1. The molecule has 0 aliphatic carbocycles. The molecular formula is C12H12BrF2NO2. The number of halogens is 3. The van der Waals surface area contributed by atoms with Crippen molar-refractivity contribution >= 4 is 21.8 Å². The molecule has 0 saturated carbocycles.